The summed E-state index contributed by atoms with van der Waals surface area (Å²) in [5.41, 5.74) is 8.07. The molecule has 0 aliphatic carbocycles. The van der Waals surface area contributed by atoms with E-state index in [9.17, 15) is 19.7 Å². The second-order valence-corrected chi connectivity index (χ2v) is 6.00. The Hall–Kier alpha value is -3.50. The first-order valence-corrected chi connectivity index (χ1v) is 9.00. The number of likely N-dealkylation sites (N-methyl/N-ethyl adjacent to an activating group) is 2. The highest BCUT2D eigenvalue weighted by Crippen LogP contribution is 2.12. The summed E-state index contributed by atoms with van der Waals surface area (Å²) in [7, 11) is 3.10. The maximum atomic E-state index is 10.8. The van der Waals surface area contributed by atoms with Crippen molar-refractivity contribution >= 4 is 23.2 Å². The van der Waals surface area contributed by atoms with Gasteiger partial charge in [0.1, 0.15) is 13.2 Å². The summed E-state index contributed by atoms with van der Waals surface area (Å²) in [5, 5.41) is 15.3. The number of carbonyl (C=O) groups excluding carboxylic acids is 2. The van der Waals surface area contributed by atoms with Crippen molar-refractivity contribution in [3.05, 3.63) is 69.8 Å². The van der Waals surface area contributed by atoms with E-state index in [-0.39, 0.29) is 37.3 Å². The number of nitrogens with one attached hydrogen (secondary N) is 2. The van der Waals surface area contributed by atoms with Gasteiger partial charge in [-0.1, -0.05) is 12.1 Å². The van der Waals surface area contributed by atoms with Gasteiger partial charge in [0, 0.05) is 31.9 Å². The Kier molecular flexibility index (Phi) is 11.2. The van der Waals surface area contributed by atoms with Gasteiger partial charge in [-0.3, -0.25) is 19.7 Å². The van der Waals surface area contributed by atoms with Crippen LogP contribution in [0.2, 0.25) is 0 Å². The molecular formula is C20H26N4O6. The molecule has 2 rings (SSSR count). The molecule has 4 N–H and O–H groups in total. The molecule has 0 heterocycles. The molecule has 0 aromatic heterocycles. The smallest absolute Gasteiger partial charge is 0.269 e. The predicted molar refractivity (Wildman–Crippen MR) is 111 cm³/mol. The number of ether oxygens (including phenoxy) is 2. The van der Waals surface area contributed by atoms with Crippen LogP contribution in [0.5, 0.6) is 0 Å². The number of nitro benzene ring substituents is 1. The van der Waals surface area contributed by atoms with E-state index in [2.05, 4.69) is 10.6 Å². The normalized spacial score (nSPS) is 9.80. The lowest BCUT2D eigenvalue weighted by Gasteiger charge is -2.03. The number of hydrogen-bond donors (Lipinski definition) is 3. The van der Waals surface area contributed by atoms with Gasteiger partial charge in [0.15, 0.2) is 0 Å². The lowest BCUT2D eigenvalue weighted by Crippen LogP contribution is -2.23. The number of carbonyl (C=O) groups is 2. The van der Waals surface area contributed by atoms with Crippen molar-refractivity contribution in [2.75, 3.05) is 33.0 Å². The van der Waals surface area contributed by atoms with Gasteiger partial charge in [-0.05, 0) is 35.4 Å². The number of nitrogen functional groups attached to an aromatic ring is 1. The summed E-state index contributed by atoms with van der Waals surface area (Å²) < 4.78 is 10.3. The first-order valence-electron chi connectivity index (χ1n) is 9.00. The van der Waals surface area contributed by atoms with Gasteiger partial charge in [0.05, 0.1) is 18.1 Å². The van der Waals surface area contributed by atoms with Crippen molar-refractivity contribution in [1.82, 2.24) is 10.6 Å². The molecule has 0 bridgehead atoms. The molecule has 162 valence electrons. The standard InChI is InChI=1S/C10H12N2O4.C10H14N2O2/c1-11-10(13)7-16-6-8-2-4-9(5-3-8)12(14)15;1-12-10(13)7-14-6-8-2-4-9(11)5-3-8/h2-5H,6-7H2,1H3,(H,11,13);2-5H,6-7,11H2,1H3,(H,12,13). The number of nitrogens with zero attached hydrogens (tertiary/aromatic N) is 1. The Morgan fingerprint density at radius 3 is 1.63 bits per heavy atom. The average Bonchev–Trinajstić information content (AvgIpc) is 2.75. The first-order chi connectivity index (χ1) is 14.3. The molecule has 2 aromatic rings. The van der Waals surface area contributed by atoms with Crippen LogP contribution in [0.4, 0.5) is 11.4 Å². The third-order valence-corrected chi connectivity index (χ3v) is 3.69. The van der Waals surface area contributed by atoms with Crippen LogP contribution < -0.4 is 16.4 Å². The Bertz CT molecular complexity index is 809. The Morgan fingerprint density at radius 1 is 0.867 bits per heavy atom. The molecule has 0 saturated carbocycles. The van der Waals surface area contributed by atoms with E-state index >= 15 is 0 Å². The Labute approximate surface area is 174 Å². The summed E-state index contributed by atoms with van der Waals surface area (Å²) >= 11 is 0. The lowest BCUT2D eigenvalue weighted by molar-refractivity contribution is -0.384. The quantitative estimate of drug-likeness (QED) is 0.317. The Balaban J connectivity index is 0.000000303. The van der Waals surface area contributed by atoms with Crippen LogP contribution in [0.25, 0.3) is 0 Å². The molecule has 0 fully saturated rings. The fraction of sp³-hybridized carbons (Fsp3) is 0.300. The van der Waals surface area contributed by atoms with Crippen LogP contribution in [-0.2, 0) is 32.3 Å². The van der Waals surface area contributed by atoms with Gasteiger partial charge >= 0.3 is 0 Å². The number of amides is 2. The van der Waals surface area contributed by atoms with Crippen molar-refractivity contribution in [3.63, 3.8) is 0 Å². The summed E-state index contributed by atoms with van der Waals surface area (Å²) in [6.45, 7) is 0.744. The van der Waals surface area contributed by atoms with Crippen molar-refractivity contribution in [3.8, 4) is 0 Å². The maximum Gasteiger partial charge on any atom is 0.269 e. The van der Waals surface area contributed by atoms with Crippen LogP contribution >= 0.6 is 0 Å². The SMILES string of the molecule is CNC(=O)COCc1ccc(N)cc1.CNC(=O)COCc1ccc([N+](=O)[O-])cc1. The van der Waals surface area contributed by atoms with E-state index in [4.69, 9.17) is 15.2 Å². The minimum absolute atomic E-state index is 0.0203. The van der Waals surface area contributed by atoms with Gasteiger partial charge < -0.3 is 25.8 Å². The predicted octanol–water partition coefficient (Wildman–Crippen LogP) is 1.39. The van der Waals surface area contributed by atoms with Crippen LogP contribution in [0.15, 0.2) is 48.5 Å². The van der Waals surface area contributed by atoms with E-state index < -0.39 is 4.92 Å². The van der Waals surface area contributed by atoms with Crippen LogP contribution in [0.1, 0.15) is 11.1 Å². The zero-order valence-electron chi connectivity index (χ0n) is 16.9. The number of nitro groups is 1. The number of anilines is 1. The zero-order valence-corrected chi connectivity index (χ0v) is 16.9. The van der Waals surface area contributed by atoms with E-state index in [1.807, 2.05) is 12.1 Å². The van der Waals surface area contributed by atoms with Crippen molar-refractivity contribution in [2.45, 2.75) is 13.2 Å². The molecular weight excluding hydrogens is 392 g/mol. The monoisotopic (exact) mass is 418 g/mol. The first kappa shape index (κ1) is 24.5. The minimum atomic E-state index is -0.463. The van der Waals surface area contributed by atoms with E-state index in [1.54, 1.807) is 31.3 Å². The molecule has 10 nitrogen and oxygen atoms in total. The molecule has 0 radical (unpaired) electrons. The molecule has 2 aromatic carbocycles. The molecule has 30 heavy (non-hydrogen) atoms. The topological polar surface area (TPSA) is 146 Å². The van der Waals surface area contributed by atoms with Gasteiger partial charge in [-0.25, -0.2) is 0 Å². The van der Waals surface area contributed by atoms with Gasteiger partial charge in [-0.15, -0.1) is 0 Å². The number of nitrogens with two attached hydrogens (primary N) is 1. The summed E-state index contributed by atoms with van der Waals surface area (Å²) in [6, 6.07) is 13.4. The number of benzene rings is 2. The number of hydrogen-bond acceptors (Lipinski definition) is 7. The van der Waals surface area contributed by atoms with Crippen molar-refractivity contribution in [1.29, 1.82) is 0 Å². The molecule has 0 aliphatic heterocycles. The summed E-state index contributed by atoms with van der Waals surface area (Å²) in [5.74, 6) is -0.331. The maximum absolute atomic E-state index is 10.8. The highest BCUT2D eigenvalue weighted by Gasteiger charge is 2.04. The largest absolute Gasteiger partial charge is 0.399 e. The second-order valence-electron chi connectivity index (χ2n) is 6.00. The molecule has 0 spiro atoms. The molecule has 2 amide bonds. The minimum Gasteiger partial charge on any atom is -0.399 e. The number of non-ortho nitro benzene ring substituents is 1. The highest BCUT2D eigenvalue weighted by molar-refractivity contribution is 5.77. The zero-order chi connectivity index (χ0) is 22.4. The van der Waals surface area contributed by atoms with Gasteiger partial charge in [-0.2, -0.15) is 0 Å². The lowest BCUT2D eigenvalue weighted by atomic mass is 10.2. The average molecular weight is 418 g/mol. The fourth-order valence-corrected chi connectivity index (χ4v) is 2.00. The van der Waals surface area contributed by atoms with Gasteiger partial charge in [0.25, 0.3) is 5.69 Å². The molecule has 0 saturated heterocycles. The number of rotatable bonds is 9. The molecule has 0 unspecified atom stereocenters. The van der Waals surface area contributed by atoms with E-state index in [1.165, 1.54) is 19.2 Å². The highest BCUT2D eigenvalue weighted by atomic mass is 16.6. The summed E-state index contributed by atoms with van der Waals surface area (Å²) in [6.07, 6.45) is 0. The van der Waals surface area contributed by atoms with E-state index in [0.717, 1.165) is 16.8 Å². The van der Waals surface area contributed by atoms with Crippen LogP contribution in [0.3, 0.4) is 0 Å². The van der Waals surface area contributed by atoms with Gasteiger partial charge in [0.2, 0.25) is 11.8 Å². The van der Waals surface area contributed by atoms with Crippen LogP contribution in [-0.4, -0.2) is 44.0 Å². The Morgan fingerprint density at radius 2 is 1.27 bits per heavy atom. The van der Waals surface area contributed by atoms with Crippen molar-refractivity contribution in [2.24, 2.45) is 0 Å². The molecule has 0 aliphatic rings. The van der Waals surface area contributed by atoms with Crippen molar-refractivity contribution < 1.29 is 24.0 Å². The molecule has 10 heteroatoms. The molecule has 0 atom stereocenters. The summed E-state index contributed by atoms with van der Waals surface area (Å²) in [4.78, 5) is 31.5. The fourth-order valence-electron chi connectivity index (χ4n) is 2.00. The third-order valence-electron chi connectivity index (χ3n) is 3.69. The van der Waals surface area contributed by atoms with E-state index in [0.29, 0.717) is 6.61 Å². The van der Waals surface area contributed by atoms with Crippen LogP contribution in [0, 0.1) is 10.1 Å². The third kappa shape index (κ3) is 10.2. The second kappa shape index (κ2) is 13.6.